The molecule has 0 heterocycles. The van der Waals surface area contributed by atoms with Gasteiger partial charge in [-0.1, -0.05) is 42.3 Å². The van der Waals surface area contributed by atoms with E-state index in [9.17, 15) is 4.79 Å². The van der Waals surface area contributed by atoms with E-state index in [1.165, 1.54) is 0 Å². The van der Waals surface area contributed by atoms with Crippen LogP contribution in [0.2, 0.25) is 0 Å². The highest BCUT2D eigenvalue weighted by atomic mass is 16.1. The van der Waals surface area contributed by atoms with Crippen molar-refractivity contribution in [1.29, 1.82) is 0 Å². The number of nitrogens with one attached hydrogen (secondary N) is 1. The van der Waals surface area contributed by atoms with Crippen molar-refractivity contribution in [3.8, 4) is 11.8 Å². The van der Waals surface area contributed by atoms with Crippen LogP contribution in [0, 0.1) is 23.7 Å². The van der Waals surface area contributed by atoms with Gasteiger partial charge in [-0.05, 0) is 30.7 Å². The van der Waals surface area contributed by atoms with Gasteiger partial charge in [-0.15, -0.1) is 12.5 Å². The van der Waals surface area contributed by atoms with Crippen LogP contribution in [0.4, 0.5) is 0 Å². The molecule has 0 radical (unpaired) electrons. The first kappa shape index (κ1) is 14.4. The molecular weight excluding hydrogens is 246 g/mol. The van der Waals surface area contributed by atoms with Gasteiger partial charge in [0.2, 0.25) is 5.91 Å². The van der Waals surface area contributed by atoms with E-state index in [2.05, 4.69) is 23.7 Å². The van der Waals surface area contributed by atoms with Crippen LogP contribution >= 0.6 is 0 Å². The Labute approximate surface area is 121 Å². The SMILES string of the molecule is C=CCCC#C[C@H](C(=O)NCc1ccccc1)C1CC1. The van der Waals surface area contributed by atoms with Gasteiger partial charge in [0.15, 0.2) is 0 Å². The molecule has 2 nitrogen and oxygen atoms in total. The van der Waals surface area contributed by atoms with Crippen LogP contribution in [-0.4, -0.2) is 5.91 Å². The largest absolute Gasteiger partial charge is 0.351 e. The van der Waals surface area contributed by atoms with Crippen molar-refractivity contribution in [2.45, 2.75) is 32.2 Å². The van der Waals surface area contributed by atoms with Gasteiger partial charge < -0.3 is 5.32 Å². The van der Waals surface area contributed by atoms with Crippen molar-refractivity contribution in [3.05, 3.63) is 48.6 Å². The summed E-state index contributed by atoms with van der Waals surface area (Å²) in [5.74, 6) is 6.64. The van der Waals surface area contributed by atoms with Crippen molar-refractivity contribution in [2.24, 2.45) is 11.8 Å². The number of unbranched alkanes of at least 4 members (excludes halogenated alkanes) is 1. The van der Waals surface area contributed by atoms with Crippen LogP contribution in [0.1, 0.15) is 31.2 Å². The molecule has 0 spiro atoms. The number of allylic oxidation sites excluding steroid dienone is 1. The standard InChI is InChI=1S/C18H21NO/c1-2-3-4-8-11-17(16-12-13-16)18(20)19-14-15-9-6-5-7-10-15/h2,5-7,9-10,16-17H,1,3-4,12-14H2,(H,19,20)/t17-/m0/s1. The van der Waals surface area contributed by atoms with E-state index in [0.717, 1.165) is 31.2 Å². The van der Waals surface area contributed by atoms with E-state index in [1.54, 1.807) is 0 Å². The van der Waals surface area contributed by atoms with E-state index in [-0.39, 0.29) is 11.8 Å². The van der Waals surface area contributed by atoms with Crippen LogP contribution in [0.25, 0.3) is 0 Å². The lowest BCUT2D eigenvalue weighted by molar-refractivity contribution is -0.124. The monoisotopic (exact) mass is 267 g/mol. The fourth-order valence-electron chi connectivity index (χ4n) is 2.08. The Bertz CT molecular complexity index is 505. The molecule has 2 rings (SSSR count). The summed E-state index contributed by atoms with van der Waals surface area (Å²) in [5, 5.41) is 3.00. The van der Waals surface area contributed by atoms with E-state index in [0.29, 0.717) is 12.5 Å². The third-order valence-electron chi connectivity index (χ3n) is 3.42. The third-order valence-corrected chi connectivity index (χ3v) is 3.42. The fourth-order valence-corrected chi connectivity index (χ4v) is 2.08. The number of carbonyl (C=O) groups is 1. The highest BCUT2D eigenvalue weighted by molar-refractivity contribution is 5.82. The second kappa shape index (κ2) is 7.55. The van der Waals surface area contributed by atoms with Crippen molar-refractivity contribution >= 4 is 5.91 Å². The molecule has 0 aliphatic heterocycles. The van der Waals surface area contributed by atoms with Gasteiger partial charge >= 0.3 is 0 Å². The molecule has 1 atom stereocenters. The highest BCUT2D eigenvalue weighted by Gasteiger charge is 2.34. The highest BCUT2D eigenvalue weighted by Crippen LogP contribution is 2.36. The zero-order valence-corrected chi connectivity index (χ0v) is 11.8. The maximum absolute atomic E-state index is 12.2. The summed E-state index contributed by atoms with van der Waals surface area (Å²) in [6.45, 7) is 4.26. The number of benzene rings is 1. The molecule has 1 fully saturated rings. The predicted molar refractivity (Wildman–Crippen MR) is 81.7 cm³/mol. The maximum atomic E-state index is 12.2. The van der Waals surface area contributed by atoms with Gasteiger partial charge in [0, 0.05) is 13.0 Å². The fraction of sp³-hybridized carbons (Fsp3) is 0.389. The van der Waals surface area contributed by atoms with Gasteiger partial charge in [0.1, 0.15) is 5.92 Å². The number of amides is 1. The predicted octanol–water partition coefficient (Wildman–Crippen LogP) is 3.30. The van der Waals surface area contributed by atoms with Crippen molar-refractivity contribution in [1.82, 2.24) is 5.32 Å². The van der Waals surface area contributed by atoms with Gasteiger partial charge in [-0.25, -0.2) is 0 Å². The molecule has 1 aromatic rings. The average Bonchev–Trinajstić information content (AvgIpc) is 3.30. The minimum atomic E-state index is -0.136. The molecule has 1 aliphatic carbocycles. The molecule has 20 heavy (non-hydrogen) atoms. The van der Waals surface area contributed by atoms with E-state index < -0.39 is 0 Å². The first-order valence-corrected chi connectivity index (χ1v) is 7.22. The number of carbonyl (C=O) groups excluding carboxylic acids is 1. The Morgan fingerprint density at radius 3 is 2.80 bits per heavy atom. The van der Waals surface area contributed by atoms with Gasteiger partial charge in [-0.2, -0.15) is 0 Å². The first-order chi connectivity index (χ1) is 9.81. The molecule has 0 bridgehead atoms. The quantitative estimate of drug-likeness (QED) is 0.478. The summed E-state index contributed by atoms with van der Waals surface area (Å²) in [6.07, 6.45) is 5.78. The minimum absolute atomic E-state index is 0.0717. The summed E-state index contributed by atoms with van der Waals surface area (Å²) < 4.78 is 0. The van der Waals surface area contributed by atoms with Gasteiger partial charge in [0.25, 0.3) is 0 Å². The molecule has 0 unspecified atom stereocenters. The van der Waals surface area contributed by atoms with Crippen LogP contribution in [0.5, 0.6) is 0 Å². The Balaban J connectivity index is 1.86. The van der Waals surface area contributed by atoms with Crippen molar-refractivity contribution in [2.75, 3.05) is 0 Å². The molecule has 2 heteroatoms. The first-order valence-electron chi connectivity index (χ1n) is 7.22. The second-order valence-corrected chi connectivity index (χ2v) is 5.17. The van der Waals surface area contributed by atoms with Gasteiger partial charge in [-0.3, -0.25) is 4.79 Å². The summed E-state index contributed by atoms with van der Waals surface area (Å²) in [6, 6.07) is 9.97. The Morgan fingerprint density at radius 2 is 2.15 bits per heavy atom. The summed E-state index contributed by atoms with van der Waals surface area (Å²) in [4.78, 5) is 12.2. The lowest BCUT2D eigenvalue weighted by Gasteiger charge is -2.10. The summed E-state index contributed by atoms with van der Waals surface area (Å²) in [7, 11) is 0. The molecule has 1 amide bonds. The topological polar surface area (TPSA) is 29.1 Å². The lowest BCUT2D eigenvalue weighted by atomic mass is 10.0. The van der Waals surface area contributed by atoms with Crippen molar-refractivity contribution in [3.63, 3.8) is 0 Å². The number of hydrogen-bond acceptors (Lipinski definition) is 1. The maximum Gasteiger partial charge on any atom is 0.235 e. The van der Waals surface area contributed by atoms with E-state index in [4.69, 9.17) is 0 Å². The second-order valence-electron chi connectivity index (χ2n) is 5.17. The molecular formula is C18H21NO. The Kier molecular flexibility index (Phi) is 5.43. The zero-order valence-electron chi connectivity index (χ0n) is 11.8. The number of rotatable bonds is 6. The summed E-state index contributed by atoms with van der Waals surface area (Å²) >= 11 is 0. The van der Waals surface area contributed by atoms with Crippen LogP contribution in [0.15, 0.2) is 43.0 Å². The number of hydrogen-bond donors (Lipinski definition) is 1. The molecule has 1 aromatic carbocycles. The molecule has 1 saturated carbocycles. The smallest absolute Gasteiger partial charge is 0.235 e. The molecule has 104 valence electrons. The normalized spacial score (nSPS) is 14.8. The van der Waals surface area contributed by atoms with Gasteiger partial charge in [0.05, 0.1) is 0 Å². The third kappa shape index (κ3) is 4.59. The minimum Gasteiger partial charge on any atom is -0.351 e. The van der Waals surface area contributed by atoms with E-state index >= 15 is 0 Å². The molecule has 0 aromatic heterocycles. The lowest BCUT2D eigenvalue weighted by Crippen LogP contribution is -2.30. The molecule has 1 N–H and O–H groups in total. The van der Waals surface area contributed by atoms with Crippen LogP contribution in [0.3, 0.4) is 0 Å². The summed E-state index contributed by atoms with van der Waals surface area (Å²) in [5.41, 5.74) is 1.12. The van der Waals surface area contributed by atoms with Crippen molar-refractivity contribution < 1.29 is 4.79 Å². The van der Waals surface area contributed by atoms with Crippen LogP contribution in [-0.2, 0) is 11.3 Å². The molecule has 1 aliphatic rings. The van der Waals surface area contributed by atoms with Crippen LogP contribution < -0.4 is 5.32 Å². The molecule has 0 saturated heterocycles. The zero-order chi connectivity index (χ0) is 14.2. The Morgan fingerprint density at radius 1 is 1.40 bits per heavy atom. The Hall–Kier alpha value is -2.01. The van der Waals surface area contributed by atoms with E-state index in [1.807, 2.05) is 36.4 Å². The average molecular weight is 267 g/mol.